The van der Waals surface area contributed by atoms with Gasteiger partial charge in [-0.1, -0.05) is 18.2 Å². The Labute approximate surface area is 169 Å². The zero-order valence-electron chi connectivity index (χ0n) is 15.5. The summed E-state index contributed by atoms with van der Waals surface area (Å²) in [6.07, 6.45) is -1.49. The predicted octanol–water partition coefficient (Wildman–Crippen LogP) is 4.79. The molecule has 9 heteroatoms. The molecule has 1 amide bonds. The van der Waals surface area contributed by atoms with Crippen molar-refractivity contribution < 1.29 is 22.7 Å². The van der Waals surface area contributed by atoms with Crippen molar-refractivity contribution in [1.82, 2.24) is 14.7 Å². The van der Waals surface area contributed by atoms with Crippen LogP contribution >= 0.6 is 11.3 Å². The number of nitrogens with zero attached hydrogens (tertiary/aromatic N) is 3. The van der Waals surface area contributed by atoms with E-state index in [0.717, 1.165) is 17.0 Å². The summed E-state index contributed by atoms with van der Waals surface area (Å²) >= 11 is 1.51. The van der Waals surface area contributed by atoms with Gasteiger partial charge in [0.25, 0.3) is 5.91 Å². The fraction of sp³-hybridized carbons (Fsp3) is 0.200. The molecule has 0 radical (unpaired) electrons. The number of benzene rings is 1. The minimum absolute atomic E-state index is 0.0170. The number of halogens is 3. The molecule has 0 aliphatic heterocycles. The van der Waals surface area contributed by atoms with E-state index in [-0.39, 0.29) is 23.7 Å². The highest BCUT2D eigenvalue weighted by Crippen LogP contribution is 2.31. The van der Waals surface area contributed by atoms with Crippen molar-refractivity contribution in [2.75, 3.05) is 13.7 Å². The largest absolute Gasteiger partial charge is 0.493 e. The van der Waals surface area contributed by atoms with E-state index >= 15 is 0 Å². The molecule has 0 spiro atoms. The number of carbonyl (C=O) groups excluding carboxylic acids is 1. The summed E-state index contributed by atoms with van der Waals surface area (Å²) in [5.41, 5.74) is -0.614. The van der Waals surface area contributed by atoms with E-state index < -0.39 is 17.6 Å². The monoisotopic (exact) mass is 421 g/mol. The molecule has 0 N–H and O–H groups in total. The second-order valence-electron chi connectivity index (χ2n) is 6.09. The van der Waals surface area contributed by atoms with Gasteiger partial charge in [-0.25, -0.2) is 4.68 Å². The third-order valence-electron chi connectivity index (χ3n) is 4.10. The zero-order valence-corrected chi connectivity index (χ0v) is 16.3. The molecule has 0 aliphatic rings. The van der Waals surface area contributed by atoms with Gasteiger partial charge < -0.3 is 9.64 Å². The van der Waals surface area contributed by atoms with Crippen LogP contribution in [0.25, 0.3) is 5.69 Å². The fourth-order valence-corrected chi connectivity index (χ4v) is 3.45. The van der Waals surface area contributed by atoms with Crippen LogP contribution in [0.15, 0.2) is 60.6 Å². The van der Waals surface area contributed by atoms with Gasteiger partial charge in [0.05, 0.1) is 31.1 Å². The molecule has 3 aromatic rings. The first-order valence-corrected chi connectivity index (χ1v) is 9.45. The smallest absolute Gasteiger partial charge is 0.416 e. The van der Waals surface area contributed by atoms with Gasteiger partial charge in [-0.2, -0.15) is 18.3 Å². The third kappa shape index (κ3) is 4.68. The summed E-state index contributed by atoms with van der Waals surface area (Å²) in [6, 6.07) is 8.50. The lowest BCUT2D eigenvalue weighted by molar-refractivity contribution is -0.137. The Morgan fingerprint density at radius 2 is 2.14 bits per heavy atom. The number of hydrogen-bond donors (Lipinski definition) is 0. The first kappa shape index (κ1) is 20.7. The summed E-state index contributed by atoms with van der Waals surface area (Å²) in [6.45, 7) is 4.33. The zero-order chi connectivity index (χ0) is 21.0. The van der Waals surface area contributed by atoms with Crippen molar-refractivity contribution in [3.05, 3.63) is 76.8 Å². The molecule has 0 bridgehead atoms. The van der Waals surface area contributed by atoms with Crippen LogP contribution in [0.4, 0.5) is 13.2 Å². The lowest BCUT2D eigenvalue weighted by Crippen LogP contribution is -2.31. The Morgan fingerprint density at radius 3 is 2.76 bits per heavy atom. The number of carbonyl (C=O) groups is 1. The molecule has 2 heterocycles. The first-order valence-electron chi connectivity index (χ1n) is 8.57. The molecule has 1 aromatic carbocycles. The number of ether oxygens (including phenoxy) is 1. The third-order valence-corrected chi connectivity index (χ3v) is 4.97. The summed E-state index contributed by atoms with van der Waals surface area (Å²) in [7, 11) is 1.38. The molecule has 29 heavy (non-hydrogen) atoms. The minimum Gasteiger partial charge on any atom is -0.493 e. The molecule has 0 saturated carbocycles. The Morgan fingerprint density at radius 1 is 1.34 bits per heavy atom. The quantitative estimate of drug-likeness (QED) is 0.516. The molecule has 0 unspecified atom stereocenters. The van der Waals surface area contributed by atoms with Crippen LogP contribution in [0.2, 0.25) is 0 Å². The maximum absolute atomic E-state index is 13.1. The van der Waals surface area contributed by atoms with Crippen LogP contribution in [0, 0.1) is 0 Å². The van der Waals surface area contributed by atoms with Gasteiger partial charge >= 0.3 is 6.18 Å². The average Bonchev–Trinajstić information content (AvgIpc) is 3.36. The van der Waals surface area contributed by atoms with Crippen molar-refractivity contribution in [3.63, 3.8) is 0 Å². The molecule has 3 rings (SSSR count). The predicted molar refractivity (Wildman–Crippen MR) is 104 cm³/mol. The average molecular weight is 421 g/mol. The van der Waals surface area contributed by atoms with Crippen LogP contribution in [0.5, 0.6) is 5.75 Å². The van der Waals surface area contributed by atoms with Crippen molar-refractivity contribution >= 4 is 17.2 Å². The summed E-state index contributed by atoms with van der Waals surface area (Å²) < 4.78 is 45.5. The summed E-state index contributed by atoms with van der Waals surface area (Å²) in [5, 5.41) is 6.12. The Kier molecular flexibility index (Phi) is 6.07. The molecule has 0 atom stereocenters. The van der Waals surface area contributed by atoms with E-state index in [4.69, 9.17) is 4.74 Å². The van der Waals surface area contributed by atoms with Gasteiger partial charge in [-0.15, -0.1) is 17.9 Å². The topological polar surface area (TPSA) is 47.4 Å². The summed E-state index contributed by atoms with van der Waals surface area (Å²) in [4.78, 5) is 15.6. The normalized spacial score (nSPS) is 11.3. The molecule has 2 aromatic heterocycles. The van der Waals surface area contributed by atoms with Gasteiger partial charge in [0.1, 0.15) is 0 Å². The standard InChI is InChI=1S/C20H18F3N3O2S/c1-3-9-25(12-16-8-5-10-29-16)19(27)18-17(28-2)13-26(24-18)15-7-4-6-14(11-15)20(21,22)23/h3-8,10-11,13H,1,9,12H2,2H3. The maximum atomic E-state index is 13.1. The minimum atomic E-state index is -4.48. The second kappa shape index (κ2) is 8.52. The van der Waals surface area contributed by atoms with Crippen LogP contribution in [0.3, 0.4) is 0 Å². The van der Waals surface area contributed by atoms with Crippen LogP contribution in [0.1, 0.15) is 20.9 Å². The van der Waals surface area contributed by atoms with Gasteiger partial charge in [-0.05, 0) is 29.6 Å². The maximum Gasteiger partial charge on any atom is 0.416 e. The lowest BCUT2D eigenvalue weighted by Gasteiger charge is -2.19. The van der Waals surface area contributed by atoms with Crippen LogP contribution in [-0.2, 0) is 12.7 Å². The molecule has 152 valence electrons. The number of hydrogen-bond acceptors (Lipinski definition) is 4. The highest BCUT2D eigenvalue weighted by atomic mass is 32.1. The van der Waals surface area contributed by atoms with E-state index in [9.17, 15) is 18.0 Å². The van der Waals surface area contributed by atoms with Crippen LogP contribution in [-0.4, -0.2) is 34.2 Å². The van der Waals surface area contributed by atoms with Crippen molar-refractivity contribution in [3.8, 4) is 11.4 Å². The highest BCUT2D eigenvalue weighted by molar-refractivity contribution is 7.09. The molecule has 0 fully saturated rings. The van der Waals surface area contributed by atoms with Crippen molar-refractivity contribution in [2.45, 2.75) is 12.7 Å². The van der Waals surface area contributed by atoms with E-state index in [1.807, 2.05) is 17.5 Å². The molecular weight excluding hydrogens is 403 g/mol. The summed E-state index contributed by atoms with van der Waals surface area (Å²) in [5.74, 6) is -0.228. The van der Waals surface area contributed by atoms with Crippen molar-refractivity contribution in [1.29, 1.82) is 0 Å². The molecule has 5 nitrogen and oxygen atoms in total. The van der Waals surface area contributed by atoms with Gasteiger partial charge in [-0.3, -0.25) is 4.79 Å². The van der Waals surface area contributed by atoms with E-state index in [0.29, 0.717) is 6.54 Å². The molecule has 0 aliphatic carbocycles. The SMILES string of the molecule is C=CCN(Cc1cccs1)C(=O)c1nn(-c2cccc(C(F)(F)F)c2)cc1OC. The van der Waals surface area contributed by atoms with Gasteiger partial charge in [0.2, 0.25) is 0 Å². The number of rotatable bonds is 7. The number of alkyl halides is 3. The lowest BCUT2D eigenvalue weighted by atomic mass is 10.2. The van der Waals surface area contributed by atoms with Gasteiger partial charge in [0.15, 0.2) is 11.4 Å². The number of methoxy groups -OCH3 is 1. The fourth-order valence-electron chi connectivity index (χ4n) is 2.73. The molecule has 0 saturated heterocycles. The van der Waals surface area contributed by atoms with Gasteiger partial charge in [0, 0.05) is 11.4 Å². The molecular formula is C20H18F3N3O2S. The number of amides is 1. The van der Waals surface area contributed by atoms with E-state index in [1.54, 1.807) is 11.0 Å². The second-order valence-corrected chi connectivity index (χ2v) is 7.12. The van der Waals surface area contributed by atoms with E-state index in [2.05, 4.69) is 11.7 Å². The van der Waals surface area contributed by atoms with Crippen molar-refractivity contribution in [2.24, 2.45) is 0 Å². The Hall–Kier alpha value is -3.07. The van der Waals surface area contributed by atoms with Crippen LogP contribution < -0.4 is 4.74 Å². The van der Waals surface area contributed by atoms with E-state index in [1.165, 1.54) is 41.5 Å². The Bertz CT molecular complexity index is 997. The first-order chi connectivity index (χ1) is 13.8. The Balaban J connectivity index is 1.95. The number of aromatic nitrogens is 2. The number of thiophene rings is 1. The highest BCUT2D eigenvalue weighted by Gasteiger charge is 2.31.